The monoisotopic (exact) mass is 223 g/mol. The Hall–Kier alpha value is -2.29. The number of rotatable bonds is 1. The number of nitrogens with one attached hydrogen (secondary N) is 1. The minimum absolute atomic E-state index is 0.748. The zero-order valence-corrected chi connectivity index (χ0v) is 9.35. The van der Waals surface area contributed by atoms with E-state index in [2.05, 4.69) is 22.1 Å². The number of imidazole rings is 1. The summed E-state index contributed by atoms with van der Waals surface area (Å²) in [6, 6.07) is 7.98. The second kappa shape index (κ2) is 3.94. The van der Waals surface area contributed by atoms with Gasteiger partial charge in [0, 0.05) is 11.3 Å². The van der Waals surface area contributed by atoms with Crippen LogP contribution in [0.4, 0.5) is 0 Å². The fraction of sp³-hybridized carbons (Fsp3) is 0.0714. The Bertz CT molecular complexity index is 611. The standard InChI is InChI=1S/C14H13N3/c15-11-7-3-1-2-6-10(11)14-16-12-8-4-5-9-13(12)17-14/h1,3-9H,2,15H2,(H,16,17). The van der Waals surface area contributed by atoms with Crippen LogP contribution in [0.3, 0.4) is 0 Å². The summed E-state index contributed by atoms with van der Waals surface area (Å²) < 4.78 is 0. The van der Waals surface area contributed by atoms with Gasteiger partial charge in [0.15, 0.2) is 0 Å². The van der Waals surface area contributed by atoms with Crippen LogP contribution in [-0.2, 0) is 0 Å². The number of aromatic amines is 1. The first-order valence-electron chi connectivity index (χ1n) is 5.62. The first-order valence-corrected chi connectivity index (χ1v) is 5.62. The highest BCUT2D eigenvalue weighted by molar-refractivity contribution is 5.83. The molecule has 0 amide bonds. The van der Waals surface area contributed by atoms with Gasteiger partial charge in [-0.15, -0.1) is 0 Å². The second-order valence-electron chi connectivity index (χ2n) is 4.01. The number of hydrogen-bond acceptors (Lipinski definition) is 2. The number of aromatic nitrogens is 2. The molecule has 0 fully saturated rings. The first kappa shape index (κ1) is 9.90. The SMILES string of the molecule is NC1=CC=CCC=C1c1nc2ccccc2[nH]1. The molecule has 1 heterocycles. The van der Waals surface area contributed by atoms with E-state index < -0.39 is 0 Å². The lowest BCUT2D eigenvalue weighted by molar-refractivity contribution is 1.23. The third-order valence-electron chi connectivity index (χ3n) is 2.83. The molecule has 84 valence electrons. The van der Waals surface area contributed by atoms with Crippen LogP contribution in [0.15, 0.2) is 54.3 Å². The topological polar surface area (TPSA) is 54.7 Å². The molecule has 0 spiro atoms. The zero-order valence-electron chi connectivity index (χ0n) is 9.35. The molecule has 3 heteroatoms. The van der Waals surface area contributed by atoms with Crippen molar-refractivity contribution >= 4 is 16.6 Å². The maximum Gasteiger partial charge on any atom is 0.140 e. The summed E-state index contributed by atoms with van der Waals surface area (Å²) >= 11 is 0. The summed E-state index contributed by atoms with van der Waals surface area (Å²) in [5.41, 5.74) is 9.74. The van der Waals surface area contributed by atoms with E-state index in [0.29, 0.717) is 0 Å². The van der Waals surface area contributed by atoms with Gasteiger partial charge < -0.3 is 10.7 Å². The number of allylic oxidation sites excluding steroid dienone is 5. The second-order valence-corrected chi connectivity index (χ2v) is 4.01. The minimum atomic E-state index is 0.748. The molecule has 2 aromatic rings. The van der Waals surface area contributed by atoms with E-state index in [4.69, 9.17) is 5.73 Å². The molecule has 0 aliphatic heterocycles. The molecule has 0 radical (unpaired) electrons. The molecule has 1 aromatic heterocycles. The van der Waals surface area contributed by atoms with E-state index in [-0.39, 0.29) is 0 Å². The molecule has 1 aromatic carbocycles. The van der Waals surface area contributed by atoms with Crippen LogP contribution in [0.5, 0.6) is 0 Å². The Morgan fingerprint density at radius 2 is 2.12 bits per heavy atom. The predicted molar refractivity (Wildman–Crippen MR) is 70.1 cm³/mol. The summed E-state index contributed by atoms with van der Waals surface area (Å²) in [5.74, 6) is 0.837. The third kappa shape index (κ3) is 1.76. The van der Waals surface area contributed by atoms with E-state index >= 15 is 0 Å². The van der Waals surface area contributed by atoms with Gasteiger partial charge in [0.05, 0.1) is 11.0 Å². The average molecular weight is 223 g/mol. The highest BCUT2D eigenvalue weighted by Gasteiger charge is 2.10. The van der Waals surface area contributed by atoms with Crippen molar-refractivity contribution in [2.75, 3.05) is 0 Å². The zero-order chi connectivity index (χ0) is 11.7. The van der Waals surface area contributed by atoms with Gasteiger partial charge in [0.25, 0.3) is 0 Å². The third-order valence-corrected chi connectivity index (χ3v) is 2.83. The van der Waals surface area contributed by atoms with Gasteiger partial charge in [-0.05, 0) is 24.6 Å². The Balaban J connectivity index is 2.12. The van der Waals surface area contributed by atoms with E-state index in [1.165, 1.54) is 0 Å². The number of fused-ring (bicyclic) bond motifs is 1. The lowest BCUT2D eigenvalue weighted by Crippen LogP contribution is -2.01. The Morgan fingerprint density at radius 3 is 3.00 bits per heavy atom. The molecule has 0 unspecified atom stereocenters. The van der Waals surface area contributed by atoms with E-state index in [1.807, 2.05) is 36.4 Å². The van der Waals surface area contributed by atoms with E-state index in [0.717, 1.165) is 34.5 Å². The van der Waals surface area contributed by atoms with Gasteiger partial charge in [0.1, 0.15) is 5.82 Å². The lowest BCUT2D eigenvalue weighted by Gasteiger charge is -2.02. The summed E-state index contributed by atoms with van der Waals surface area (Å²) in [5, 5.41) is 0. The van der Waals surface area contributed by atoms with Gasteiger partial charge in [-0.1, -0.05) is 30.4 Å². The van der Waals surface area contributed by atoms with Crippen LogP contribution in [-0.4, -0.2) is 9.97 Å². The number of hydrogen-bond donors (Lipinski definition) is 2. The number of benzene rings is 1. The maximum atomic E-state index is 6.01. The predicted octanol–water partition coefficient (Wildman–Crippen LogP) is 2.75. The molecule has 17 heavy (non-hydrogen) atoms. The molecule has 0 saturated carbocycles. The fourth-order valence-electron chi connectivity index (χ4n) is 1.96. The summed E-state index contributed by atoms with van der Waals surface area (Å²) in [4.78, 5) is 7.85. The van der Waals surface area contributed by atoms with Crippen LogP contribution < -0.4 is 5.73 Å². The molecule has 0 atom stereocenters. The van der Waals surface area contributed by atoms with Crippen molar-refractivity contribution in [1.82, 2.24) is 9.97 Å². The van der Waals surface area contributed by atoms with Crippen LogP contribution in [0.1, 0.15) is 12.2 Å². The lowest BCUT2D eigenvalue weighted by atomic mass is 10.1. The Morgan fingerprint density at radius 1 is 1.24 bits per heavy atom. The van der Waals surface area contributed by atoms with Crippen LogP contribution in [0, 0.1) is 0 Å². The fourth-order valence-corrected chi connectivity index (χ4v) is 1.96. The van der Waals surface area contributed by atoms with Crippen molar-refractivity contribution < 1.29 is 0 Å². The van der Waals surface area contributed by atoms with Gasteiger partial charge in [-0.2, -0.15) is 0 Å². The van der Waals surface area contributed by atoms with Crippen molar-refractivity contribution in [1.29, 1.82) is 0 Å². The molecule has 1 aliphatic carbocycles. The number of H-pyrrole nitrogens is 1. The number of nitrogens with zero attached hydrogens (tertiary/aromatic N) is 1. The Kier molecular flexibility index (Phi) is 2.29. The van der Waals surface area contributed by atoms with Crippen molar-refractivity contribution in [3.8, 4) is 0 Å². The molecule has 0 saturated heterocycles. The van der Waals surface area contributed by atoms with Crippen molar-refractivity contribution in [3.05, 3.63) is 60.1 Å². The summed E-state index contributed by atoms with van der Waals surface area (Å²) in [7, 11) is 0. The quantitative estimate of drug-likeness (QED) is 0.781. The smallest absolute Gasteiger partial charge is 0.140 e. The van der Waals surface area contributed by atoms with Gasteiger partial charge >= 0.3 is 0 Å². The summed E-state index contributed by atoms with van der Waals surface area (Å²) in [6.07, 6.45) is 8.92. The van der Waals surface area contributed by atoms with E-state index in [1.54, 1.807) is 0 Å². The average Bonchev–Trinajstić information content (AvgIpc) is 2.65. The van der Waals surface area contributed by atoms with Crippen molar-refractivity contribution in [3.63, 3.8) is 0 Å². The van der Waals surface area contributed by atoms with Crippen LogP contribution in [0.25, 0.3) is 16.6 Å². The van der Waals surface area contributed by atoms with Crippen LogP contribution in [0.2, 0.25) is 0 Å². The van der Waals surface area contributed by atoms with Gasteiger partial charge in [-0.25, -0.2) is 4.98 Å². The van der Waals surface area contributed by atoms with Crippen LogP contribution >= 0.6 is 0 Å². The molecular weight excluding hydrogens is 210 g/mol. The normalized spacial score (nSPS) is 15.5. The van der Waals surface area contributed by atoms with Crippen molar-refractivity contribution in [2.45, 2.75) is 6.42 Å². The minimum Gasteiger partial charge on any atom is -0.398 e. The highest BCUT2D eigenvalue weighted by atomic mass is 14.9. The molecule has 0 bridgehead atoms. The molecule has 1 aliphatic rings. The van der Waals surface area contributed by atoms with Gasteiger partial charge in [0.2, 0.25) is 0 Å². The largest absolute Gasteiger partial charge is 0.398 e. The number of nitrogens with two attached hydrogens (primary N) is 1. The molecule has 3 N–H and O–H groups in total. The maximum absolute atomic E-state index is 6.01. The number of para-hydroxylation sites is 2. The van der Waals surface area contributed by atoms with E-state index in [9.17, 15) is 0 Å². The summed E-state index contributed by atoms with van der Waals surface area (Å²) in [6.45, 7) is 0. The Labute approximate surface area is 99.4 Å². The van der Waals surface area contributed by atoms with Gasteiger partial charge in [-0.3, -0.25) is 0 Å². The molecular formula is C14H13N3. The molecule has 3 rings (SSSR count). The highest BCUT2D eigenvalue weighted by Crippen LogP contribution is 2.22. The first-order chi connectivity index (χ1) is 8.34. The molecule has 3 nitrogen and oxygen atoms in total. The van der Waals surface area contributed by atoms with Crippen molar-refractivity contribution in [2.24, 2.45) is 5.73 Å².